The fourth-order valence-corrected chi connectivity index (χ4v) is 2.67. The number of pyridine rings is 1. The van der Waals surface area contributed by atoms with Gasteiger partial charge in [0.1, 0.15) is 10.9 Å². The molecule has 0 amide bonds. The van der Waals surface area contributed by atoms with E-state index in [1.165, 1.54) is 11.8 Å². The van der Waals surface area contributed by atoms with Gasteiger partial charge in [-0.05, 0) is 50.7 Å². The highest BCUT2D eigenvalue weighted by molar-refractivity contribution is 7.99. The first-order chi connectivity index (χ1) is 8.95. The molecule has 2 aromatic heterocycles. The fourth-order valence-electron chi connectivity index (χ4n) is 1.64. The van der Waals surface area contributed by atoms with E-state index in [1.54, 1.807) is 6.07 Å². The maximum absolute atomic E-state index is 7.58. The minimum absolute atomic E-state index is 0.000579. The summed E-state index contributed by atoms with van der Waals surface area (Å²) in [6.45, 7) is 5.75. The molecular formula is C13H15N5S. The lowest BCUT2D eigenvalue weighted by Crippen LogP contribution is -2.13. The lowest BCUT2D eigenvalue weighted by Gasteiger charge is -2.07. The summed E-state index contributed by atoms with van der Waals surface area (Å²) in [7, 11) is 0. The Kier molecular flexibility index (Phi) is 3.80. The third-order valence-corrected chi connectivity index (χ3v) is 3.31. The van der Waals surface area contributed by atoms with E-state index in [9.17, 15) is 0 Å². The zero-order chi connectivity index (χ0) is 14.0. The standard InChI is InChI=1S/C13H15N5S/c1-7-4-5-10(11(14)15)12(16-7)19-13-17-8(2)6-9(3)18-13/h4-6H,1-3H3,(H3,14,15). The van der Waals surface area contributed by atoms with Gasteiger partial charge in [-0.25, -0.2) is 15.0 Å². The van der Waals surface area contributed by atoms with Crippen LogP contribution in [0.2, 0.25) is 0 Å². The molecular weight excluding hydrogens is 258 g/mol. The number of hydrogen-bond acceptors (Lipinski definition) is 5. The molecule has 0 spiro atoms. The Bertz CT molecular complexity index is 619. The summed E-state index contributed by atoms with van der Waals surface area (Å²) in [5, 5.41) is 8.87. The van der Waals surface area contributed by atoms with Gasteiger partial charge < -0.3 is 5.73 Å². The van der Waals surface area contributed by atoms with Crippen LogP contribution in [0.4, 0.5) is 0 Å². The van der Waals surface area contributed by atoms with Gasteiger partial charge in [0.2, 0.25) is 0 Å². The van der Waals surface area contributed by atoms with E-state index in [2.05, 4.69) is 15.0 Å². The average molecular weight is 273 g/mol. The first-order valence-electron chi connectivity index (χ1n) is 5.78. The predicted octanol–water partition coefficient (Wildman–Crippen LogP) is 2.23. The van der Waals surface area contributed by atoms with Gasteiger partial charge >= 0.3 is 0 Å². The van der Waals surface area contributed by atoms with Crippen LogP contribution in [0.1, 0.15) is 22.6 Å². The molecule has 0 saturated carbocycles. The molecule has 0 saturated heterocycles. The summed E-state index contributed by atoms with van der Waals surface area (Å²) in [4.78, 5) is 13.1. The van der Waals surface area contributed by atoms with Crippen molar-refractivity contribution in [3.8, 4) is 0 Å². The molecule has 0 aliphatic heterocycles. The molecule has 2 heterocycles. The van der Waals surface area contributed by atoms with Crippen LogP contribution in [0.25, 0.3) is 0 Å². The summed E-state index contributed by atoms with van der Waals surface area (Å²) in [5.74, 6) is -0.000579. The number of nitrogens with two attached hydrogens (primary N) is 1. The van der Waals surface area contributed by atoms with Crippen molar-refractivity contribution in [2.75, 3.05) is 0 Å². The van der Waals surface area contributed by atoms with Crippen LogP contribution in [-0.4, -0.2) is 20.8 Å². The highest BCUT2D eigenvalue weighted by Crippen LogP contribution is 2.26. The van der Waals surface area contributed by atoms with Gasteiger partial charge in [-0.1, -0.05) is 0 Å². The second-order valence-electron chi connectivity index (χ2n) is 4.25. The minimum Gasteiger partial charge on any atom is -0.384 e. The largest absolute Gasteiger partial charge is 0.384 e. The molecule has 98 valence electrons. The zero-order valence-corrected chi connectivity index (χ0v) is 11.9. The van der Waals surface area contributed by atoms with E-state index in [0.29, 0.717) is 15.7 Å². The third-order valence-electron chi connectivity index (χ3n) is 2.44. The van der Waals surface area contributed by atoms with Gasteiger partial charge in [-0.2, -0.15) is 0 Å². The summed E-state index contributed by atoms with van der Waals surface area (Å²) in [6, 6.07) is 5.55. The Morgan fingerprint density at radius 2 is 1.68 bits per heavy atom. The molecule has 0 radical (unpaired) electrons. The van der Waals surface area contributed by atoms with Crippen LogP contribution in [0.3, 0.4) is 0 Å². The first kappa shape index (κ1) is 13.5. The molecule has 0 aliphatic carbocycles. The van der Waals surface area contributed by atoms with Crippen molar-refractivity contribution in [1.82, 2.24) is 15.0 Å². The quantitative estimate of drug-likeness (QED) is 0.508. The monoisotopic (exact) mass is 273 g/mol. The Balaban J connectivity index is 2.42. The molecule has 0 aliphatic rings. The maximum Gasteiger partial charge on any atom is 0.194 e. The van der Waals surface area contributed by atoms with Gasteiger partial charge in [-0.3, -0.25) is 5.41 Å². The van der Waals surface area contributed by atoms with Crippen molar-refractivity contribution in [2.24, 2.45) is 5.73 Å². The Hall–Kier alpha value is -1.95. The number of nitrogens with one attached hydrogen (secondary N) is 1. The summed E-state index contributed by atoms with van der Waals surface area (Å²) in [6.07, 6.45) is 0. The van der Waals surface area contributed by atoms with Gasteiger partial charge in [0, 0.05) is 22.6 Å². The molecule has 2 aromatic rings. The maximum atomic E-state index is 7.58. The van der Waals surface area contributed by atoms with Crippen molar-refractivity contribution in [3.05, 3.63) is 40.8 Å². The number of hydrogen-bond donors (Lipinski definition) is 2. The highest BCUT2D eigenvalue weighted by Gasteiger charge is 2.11. The van der Waals surface area contributed by atoms with Crippen molar-refractivity contribution in [3.63, 3.8) is 0 Å². The van der Waals surface area contributed by atoms with Crippen molar-refractivity contribution < 1.29 is 0 Å². The third kappa shape index (κ3) is 3.29. The smallest absolute Gasteiger partial charge is 0.194 e. The number of nitrogens with zero attached hydrogens (tertiary/aromatic N) is 3. The molecule has 2 rings (SSSR count). The normalized spacial score (nSPS) is 10.5. The van der Waals surface area contributed by atoms with Gasteiger partial charge in [0.05, 0.1) is 0 Å². The van der Waals surface area contributed by atoms with Crippen molar-refractivity contribution in [2.45, 2.75) is 31.0 Å². The number of rotatable bonds is 3. The number of nitrogen functional groups attached to an aromatic ring is 1. The van der Waals surface area contributed by atoms with Crippen LogP contribution >= 0.6 is 11.8 Å². The molecule has 0 fully saturated rings. The van der Waals surface area contributed by atoms with E-state index in [0.717, 1.165) is 17.1 Å². The van der Waals surface area contributed by atoms with Gasteiger partial charge in [0.15, 0.2) is 5.16 Å². The van der Waals surface area contributed by atoms with E-state index in [4.69, 9.17) is 11.1 Å². The molecule has 19 heavy (non-hydrogen) atoms. The van der Waals surface area contributed by atoms with Crippen LogP contribution < -0.4 is 5.73 Å². The Morgan fingerprint density at radius 1 is 1.05 bits per heavy atom. The molecule has 0 aromatic carbocycles. The molecule has 6 heteroatoms. The number of aryl methyl sites for hydroxylation is 3. The lowest BCUT2D eigenvalue weighted by molar-refractivity contribution is 0.897. The van der Waals surface area contributed by atoms with Crippen molar-refractivity contribution in [1.29, 1.82) is 5.41 Å². The van der Waals surface area contributed by atoms with Gasteiger partial charge in [0.25, 0.3) is 0 Å². The van der Waals surface area contributed by atoms with E-state index in [1.807, 2.05) is 32.9 Å². The highest BCUT2D eigenvalue weighted by atomic mass is 32.2. The second kappa shape index (κ2) is 5.36. The van der Waals surface area contributed by atoms with E-state index >= 15 is 0 Å². The molecule has 0 atom stereocenters. The minimum atomic E-state index is -0.000579. The second-order valence-corrected chi connectivity index (χ2v) is 5.21. The summed E-state index contributed by atoms with van der Waals surface area (Å²) in [5.41, 5.74) is 8.87. The Labute approximate surface area is 116 Å². The average Bonchev–Trinajstić information content (AvgIpc) is 2.26. The fraction of sp³-hybridized carbons (Fsp3) is 0.231. The first-order valence-corrected chi connectivity index (χ1v) is 6.59. The Morgan fingerprint density at radius 3 is 2.26 bits per heavy atom. The zero-order valence-electron chi connectivity index (χ0n) is 11.1. The molecule has 5 nitrogen and oxygen atoms in total. The molecule has 0 unspecified atom stereocenters. The van der Waals surface area contributed by atoms with Crippen LogP contribution in [0.15, 0.2) is 28.4 Å². The lowest BCUT2D eigenvalue weighted by atomic mass is 10.2. The van der Waals surface area contributed by atoms with Crippen LogP contribution in [0, 0.1) is 26.2 Å². The molecule has 3 N–H and O–H groups in total. The van der Waals surface area contributed by atoms with Crippen LogP contribution in [-0.2, 0) is 0 Å². The predicted molar refractivity (Wildman–Crippen MR) is 75.6 cm³/mol. The number of aromatic nitrogens is 3. The molecule has 0 bridgehead atoms. The van der Waals surface area contributed by atoms with Crippen LogP contribution in [0.5, 0.6) is 0 Å². The van der Waals surface area contributed by atoms with Crippen molar-refractivity contribution >= 4 is 17.6 Å². The SMILES string of the molecule is Cc1cc(C)nc(Sc2nc(C)ccc2C(=N)N)n1. The summed E-state index contributed by atoms with van der Waals surface area (Å²) >= 11 is 1.33. The number of amidine groups is 1. The van der Waals surface area contributed by atoms with Gasteiger partial charge in [-0.15, -0.1) is 0 Å². The summed E-state index contributed by atoms with van der Waals surface area (Å²) < 4.78 is 0. The topological polar surface area (TPSA) is 88.5 Å². The van der Waals surface area contributed by atoms with E-state index in [-0.39, 0.29) is 5.84 Å². The van der Waals surface area contributed by atoms with E-state index < -0.39 is 0 Å².